The van der Waals surface area contributed by atoms with Crippen LogP contribution in [0.1, 0.15) is 27.9 Å². The molecule has 0 unspecified atom stereocenters. The second-order valence-electron chi connectivity index (χ2n) is 6.80. The van der Waals surface area contributed by atoms with Gasteiger partial charge in [0, 0.05) is 56.7 Å². The molecule has 3 heterocycles. The van der Waals surface area contributed by atoms with Gasteiger partial charge in [-0.25, -0.2) is 4.98 Å². The lowest BCUT2D eigenvalue weighted by atomic mass is 10.2. The number of amides is 1. The SMILES string of the molecule is Cc1cncc(CN(C)CCCN(C)C(=O)c2ccn3ccnc3c2)c1. The van der Waals surface area contributed by atoms with Gasteiger partial charge in [-0.2, -0.15) is 0 Å². The van der Waals surface area contributed by atoms with Crippen molar-refractivity contribution in [1.29, 1.82) is 0 Å². The van der Waals surface area contributed by atoms with Crippen molar-refractivity contribution in [3.8, 4) is 0 Å². The Morgan fingerprint density at radius 3 is 2.81 bits per heavy atom. The summed E-state index contributed by atoms with van der Waals surface area (Å²) < 4.78 is 1.89. The number of carbonyl (C=O) groups excluding carboxylic acids is 1. The topological polar surface area (TPSA) is 53.7 Å². The Hall–Kier alpha value is -2.73. The summed E-state index contributed by atoms with van der Waals surface area (Å²) in [6.07, 6.45) is 10.2. The molecule has 0 radical (unpaired) electrons. The van der Waals surface area contributed by atoms with Gasteiger partial charge in [0.25, 0.3) is 5.91 Å². The molecule has 0 aromatic carbocycles. The zero-order chi connectivity index (χ0) is 18.5. The highest BCUT2D eigenvalue weighted by molar-refractivity contribution is 5.94. The summed E-state index contributed by atoms with van der Waals surface area (Å²) in [5.74, 6) is 0.0287. The average molecular weight is 351 g/mol. The van der Waals surface area contributed by atoms with Crippen molar-refractivity contribution in [3.05, 3.63) is 65.9 Å². The maximum Gasteiger partial charge on any atom is 0.253 e. The molecule has 0 bridgehead atoms. The fourth-order valence-corrected chi connectivity index (χ4v) is 3.04. The maximum atomic E-state index is 12.6. The molecule has 136 valence electrons. The Morgan fingerprint density at radius 1 is 1.15 bits per heavy atom. The summed E-state index contributed by atoms with van der Waals surface area (Å²) in [6, 6.07) is 5.82. The minimum Gasteiger partial charge on any atom is -0.342 e. The third-order valence-electron chi connectivity index (χ3n) is 4.41. The summed E-state index contributed by atoms with van der Waals surface area (Å²) in [6.45, 7) is 4.56. The Labute approximate surface area is 154 Å². The van der Waals surface area contributed by atoms with Crippen LogP contribution in [0.4, 0.5) is 0 Å². The van der Waals surface area contributed by atoms with E-state index in [1.807, 2.05) is 48.4 Å². The molecule has 0 saturated heterocycles. The number of nitrogens with zero attached hydrogens (tertiary/aromatic N) is 5. The number of fused-ring (bicyclic) bond motifs is 1. The number of aryl methyl sites for hydroxylation is 1. The quantitative estimate of drug-likeness (QED) is 0.657. The van der Waals surface area contributed by atoms with Crippen molar-refractivity contribution in [2.45, 2.75) is 19.9 Å². The first-order valence-corrected chi connectivity index (χ1v) is 8.80. The highest BCUT2D eigenvalue weighted by atomic mass is 16.2. The van der Waals surface area contributed by atoms with Crippen LogP contribution in [-0.4, -0.2) is 57.3 Å². The van der Waals surface area contributed by atoms with Gasteiger partial charge in [-0.1, -0.05) is 6.07 Å². The van der Waals surface area contributed by atoms with Crippen LogP contribution in [0.3, 0.4) is 0 Å². The van der Waals surface area contributed by atoms with Gasteiger partial charge in [0.05, 0.1) is 0 Å². The lowest BCUT2D eigenvalue weighted by molar-refractivity contribution is 0.0789. The first-order valence-electron chi connectivity index (χ1n) is 8.80. The number of imidazole rings is 1. The minimum atomic E-state index is 0.0287. The van der Waals surface area contributed by atoms with Crippen LogP contribution in [0.5, 0.6) is 0 Å². The van der Waals surface area contributed by atoms with Gasteiger partial charge >= 0.3 is 0 Å². The van der Waals surface area contributed by atoms with Crippen LogP contribution in [0, 0.1) is 6.92 Å². The number of rotatable bonds is 7. The third-order valence-corrected chi connectivity index (χ3v) is 4.41. The van der Waals surface area contributed by atoms with Gasteiger partial charge in [0.2, 0.25) is 0 Å². The third kappa shape index (κ3) is 4.46. The zero-order valence-corrected chi connectivity index (χ0v) is 15.6. The zero-order valence-electron chi connectivity index (χ0n) is 15.6. The normalized spacial score (nSPS) is 11.2. The maximum absolute atomic E-state index is 12.6. The standard InChI is InChI=1S/C20H25N5O/c1-16-11-17(14-21-13-16)15-23(2)7-4-8-24(3)20(26)18-5-9-25-10-6-22-19(25)12-18/h5-6,9-14H,4,7-8,15H2,1-3H3. The molecular formula is C20H25N5O. The van der Waals surface area contributed by atoms with Crippen LogP contribution in [0.25, 0.3) is 5.65 Å². The molecule has 0 atom stereocenters. The number of carbonyl (C=O) groups is 1. The van der Waals surface area contributed by atoms with Gasteiger partial charge in [0.1, 0.15) is 5.65 Å². The molecule has 6 nitrogen and oxygen atoms in total. The summed E-state index contributed by atoms with van der Waals surface area (Å²) in [4.78, 5) is 25.1. The van der Waals surface area contributed by atoms with Gasteiger partial charge in [-0.3, -0.25) is 9.78 Å². The van der Waals surface area contributed by atoms with Crippen molar-refractivity contribution in [2.24, 2.45) is 0 Å². The highest BCUT2D eigenvalue weighted by Crippen LogP contribution is 2.09. The van der Waals surface area contributed by atoms with Crippen molar-refractivity contribution in [2.75, 3.05) is 27.2 Å². The first-order chi connectivity index (χ1) is 12.5. The molecule has 0 N–H and O–H groups in total. The van der Waals surface area contributed by atoms with Crippen LogP contribution in [-0.2, 0) is 6.54 Å². The lowest BCUT2D eigenvalue weighted by Crippen LogP contribution is -2.30. The summed E-state index contributed by atoms with van der Waals surface area (Å²) >= 11 is 0. The van der Waals surface area contributed by atoms with Crippen molar-refractivity contribution in [1.82, 2.24) is 24.2 Å². The molecule has 0 aliphatic rings. The van der Waals surface area contributed by atoms with Crippen LogP contribution >= 0.6 is 0 Å². The summed E-state index contributed by atoms with van der Waals surface area (Å²) in [5.41, 5.74) is 3.85. The minimum absolute atomic E-state index is 0.0287. The van der Waals surface area contributed by atoms with Gasteiger partial charge in [-0.05, 0) is 50.2 Å². The Morgan fingerprint density at radius 2 is 2.00 bits per heavy atom. The molecule has 0 spiro atoms. The van der Waals surface area contributed by atoms with E-state index in [9.17, 15) is 4.79 Å². The van der Waals surface area contributed by atoms with Crippen LogP contribution in [0.15, 0.2) is 49.2 Å². The molecule has 6 heteroatoms. The van der Waals surface area contributed by atoms with E-state index in [4.69, 9.17) is 0 Å². The van der Waals surface area contributed by atoms with Gasteiger partial charge < -0.3 is 14.2 Å². The van der Waals surface area contributed by atoms with E-state index in [2.05, 4.69) is 34.9 Å². The molecular weight excluding hydrogens is 326 g/mol. The monoisotopic (exact) mass is 351 g/mol. The fourth-order valence-electron chi connectivity index (χ4n) is 3.04. The largest absolute Gasteiger partial charge is 0.342 e. The van der Waals surface area contributed by atoms with Crippen LogP contribution < -0.4 is 0 Å². The Kier molecular flexibility index (Phi) is 5.63. The molecule has 3 aromatic heterocycles. The number of hydrogen-bond acceptors (Lipinski definition) is 4. The second-order valence-corrected chi connectivity index (χ2v) is 6.80. The molecule has 3 aromatic rings. The molecule has 0 saturated carbocycles. The fraction of sp³-hybridized carbons (Fsp3) is 0.350. The van der Waals surface area contributed by atoms with E-state index in [1.54, 1.807) is 11.1 Å². The second kappa shape index (κ2) is 8.10. The van der Waals surface area contributed by atoms with E-state index in [-0.39, 0.29) is 5.91 Å². The Balaban J connectivity index is 1.48. The predicted octanol–water partition coefficient (Wildman–Crippen LogP) is 2.63. The number of hydrogen-bond donors (Lipinski definition) is 0. The Bertz CT molecular complexity index is 889. The van der Waals surface area contributed by atoms with Gasteiger partial charge in [-0.15, -0.1) is 0 Å². The van der Waals surface area contributed by atoms with Crippen LogP contribution in [0.2, 0.25) is 0 Å². The average Bonchev–Trinajstić information content (AvgIpc) is 3.08. The molecule has 1 amide bonds. The lowest BCUT2D eigenvalue weighted by Gasteiger charge is -2.21. The molecule has 26 heavy (non-hydrogen) atoms. The van der Waals surface area contributed by atoms with Crippen molar-refractivity contribution >= 4 is 11.6 Å². The van der Waals surface area contributed by atoms with Gasteiger partial charge in [0.15, 0.2) is 0 Å². The first kappa shape index (κ1) is 18.1. The molecule has 3 rings (SSSR count). The van der Waals surface area contributed by atoms with E-state index in [0.29, 0.717) is 5.56 Å². The summed E-state index contributed by atoms with van der Waals surface area (Å²) in [5, 5.41) is 0. The van der Waals surface area contributed by atoms with E-state index >= 15 is 0 Å². The van der Waals surface area contributed by atoms with E-state index in [1.165, 1.54) is 11.1 Å². The van der Waals surface area contributed by atoms with Crippen molar-refractivity contribution < 1.29 is 4.79 Å². The van der Waals surface area contributed by atoms with Crippen molar-refractivity contribution in [3.63, 3.8) is 0 Å². The molecule has 0 fully saturated rings. The number of aromatic nitrogens is 3. The van der Waals surface area contributed by atoms with E-state index < -0.39 is 0 Å². The summed E-state index contributed by atoms with van der Waals surface area (Å²) in [7, 11) is 3.94. The number of pyridine rings is 2. The smallest absolute Gasteiger partial charge is 0.253 e. The highest BCUT2D eigenvalue weighted by Gasteiger charge is 2.12. The molecule has 0 aliphatic carbocycles. The molecule has 0 aliphatic heterocycles. The predicted molar refractivity (Wildman–Crippen MR) is 102 cm³/mol. The van der Waals surface area contributed by atoms with E-state index in [0.717, 1.165) is 31.7 Å².